The largest absolute Gasteiger partial charge is 0.354 e. The molecule has 4 N–H and O–H groups in total. The highest BCUT2D eigenvalue weighted by Gasteiger charge is 2.13. The molecule has 0 saturated heterocycles. The first-order valence-corrected chi connectivity index (χ1v) is 8.49. The molecule has 2 aromatic rings. The Labute approximate surface area is 153 Å². The quantitative estimate of drug-likeness (QED) is 0.596. The van der Waals surface area contributed by atoms with Crippen LogP contribution in [0.25, 0.3) is 0 Å². The van der Waals surface area contributed by atoms with Crippen molar-refractivity contribution in [3.63, 3.8) is 0 Å². The van der Waals surface area contributed by atoms with Gasteiger partial charge in [-0.1, -0.05) is 6.07 Å². The number of hydrogen-bond acceptors (Lipinski definition) is 8. The van der Waals surface area contributed by atoms with Crippen LogP contribution in [0.4, 0.5) is 23.7 Å². The van der Waals surface area contributed by atoms with Gasteiger partial charge in [-0.3, -0.25) is 4.79 Å². The van der Waals surface area contributed by atoms with Crippen molar-refractivity contribution in [2.24, 2.45) is 0 Å². The molecule has 2 rings (SSSR count). The lowest BCUT2D eigenvalue weighted by Gasteiger charge is -2.21. The lowest BCUT2D eigenvalue weighted by molar-refractivity contribution is -0.114. The van der Waals surface area contributed by atoms with Crippen molar-refractivity contribution in [2.45, 2.75) is 46.7 Å². The maximum Gasteiger partial charge on any atom is 0.229 e. The fourth-order valence-corrected chi connectivity index (χ4v) is 2.05. The van der Waals surface area contributed by atoms with Gasteiger partial charge >= 0.3 is 0 Å². The molecule has 0 atom stereocenters. The Morgan fingerprint density at radius 3 is 2.23 bits per heavy atom. The van der Waals surface area contributed by atoms with Gasteiger partial charge in [0, 0.05) is 31.7 Å². The maximum atomic E-state index is 11.0. The third-order valence-electron chi connectivity index (χ3n) is 3.04. The van der Waals surface area contributed by atoms with E-state index in [1.165, 1.54) is 6.92 Å². The molecule has 0 aromatic carbocycles. The normalized spacial score (nSPS) is 11.0. The van der Waals surface area contributed by atoms with E-state index in [9.17, 15) is 4.79 Å². The number of aromatic nitrogens is 4. The molecule has 0 bridgehead atoms. The van der Waals surface area contributed by atoms with E-state index >= 15 is 0 Å². The van der Waals surface area contributed by atoms with Gasteiger partial charge in [0.05, 0.1) is 0 Å². The van der Waals surface area contributed by atoms with Crippen LogP contribution in [0.15, 0.2) is 18.3 Å². The molecule has 1 amide bonds. The van der Waals surface area contributed by atoms with E-state index in [-0.39, 0.29) is 11.4 Å². The monoisotopic (exact) mass is 358 g/mol. The first-order chi connectivity index (χ1) is 12.2. The number of pyridine rings is 1. The van der Waals surface area contributed by atoms with Crippen molar-refractivity contribution in [2.75, 3.05) is 27.8 Å². The van der Waals surface area contributed by atoms with Crippen molar-refractivity contribution in [1.29, 1.82) is 0 Å². The summed E-state index contributed by atoms with van der Waals surface area (Å²) in [5.74, 6) is 1.85. The van der Waals surface area contributed by atoms with E-state index < -0.39 is 0 Å². The van der Waals surface area contributed by atoms with E-state index in [0.717, 1.165) is 5.56 Å². The zero-order valence-corrected chi connectivity index (χ0v) is 15.8. The number of carbonyl (C=O) groups excluding carboxylic acids is 1. The highest BCUT2D eigenvalue weighted by Crippen LogP contribution is 2.15. The number of amides is 1. The maximum absolute atomic E-state index is 11.0. The summed E-state index contributed by atoms with van der Waals surface area (Å²) in [6.07, 6.45) is 1.69. The molecule has 0 unspecified atom stereocenters. The van der Waals surface area contributed by atoms with Crippen molar-refractivity contribution >= 4 is 29.6 Å². The number of carbonyl (C=O) groups is 1. The van der Waals surface area contributed by atoms with Gasteiger partial charge in [-0.2, -0.15) is 15.0 Å². The lowest BCUT2D eigenvalue weighted by atomic mass is 10.1. The molecule has 140 valence electrons. The van der Waals surface area contributed by atoms with Crippen LogP contribution in [-0.2, 0) is 11.3 Å². The summed E-state index contributed by atoms with van der Waals surface area (Å²) >= 11 is 0. The number of nitrogens with one attached hydrogen (secondary N) is 4. The van der Waals surface area contributed by atoms with Gasteiger partial charge < -0.3 is 21.3 Å². The van der Waals surface area contributed by atoms with Crippen molar-refractivity contribution in [3.05, 3.63) is 23.9 Å². The Morgan fingerprint density at radius 2 is 1.69 bits per heavy atom. The Bertz CT molecular complexity index is 739. The number of hydrogen-bond donors (Lipinski definition) is 4. The van der Waals surface area contributed by atoms with E-state index in [1.807, 2.05) is 33.8 Å². The third-order valence-corrected chi connectivity index (χ3v) is 3.04. The zero-order chi connectivity index (χ0) is 19.2. The number of rotatable bonds is 7. The topological polar surface area (TPSA) is 117 Å². The van der Waals surface area contributed by atoms with Gasteiger partial charge in [-0.15, -0.1) is 0 Å². The van der Waals surface area contributed by atoms with Gasteiger partial charge in [0.15, 0.2) is 0 Å². The van der Waals surface area contributed by atoms with Crippen LogP contribution in [0.2, 0.25) is 0 Å². The van der Waals surface area contributed by atoms with Crippen LogP contribution in [0, 0.1) is 0 Å². The van der Waals surface area contributed by atoms with Gasteiger partial charge in [0.1, 0.15) is 5.82 Å². The zero-order valence-electron chi connectivity index (χ0n) is 15.8. The second-order valence-corrected chi connectivity index (χ2v) is 6.80. The molecule has 2 aromatic heterocycles. The van der Waals surface area contributed by atoms with Gasteiger partial charge in [0.2, 0.25) is 23.8 Å². The third kappa shape index (κ3) is 6.50. The second-order valence-electron chi connectivity index (χ2n) is 6.80. The molecule has 0 radical (unpaired) electrons. The average Bonchev–Trinajstić information content (AvgIpc) is 2.52. The first kappa shape index (κ1) is 19.4. The molecule has 0 fully saturated rings. The van der Waals surface area contributed by atoms with Crippen molar-refractivity contribution < 1.29 is 4.79 Å². The highest BCUT2D eigenvalue weighted by atomic mass is 16.1. The van der Waals surface area contributed by atoms with Gasteiger partial charge in [-0.05, 0) is 39.3 Å². The molecule has 0 spiro atoms. The lowest BCUT2D eigenvalue weighted by Crippen LogP contribution is -2.28. The predicted molar refractivity (Wildman–Crippen MR) is 103 cm³/mol. The summed E-state index contributed by atoms with van der Waals surface area (Å²) in [5.41, 5.74) is 0.779. The van der Waals surface area contributed by atoms with Crippen LogP contribution >= 0.6 is 0 Å². The molecule has 26 heavy (non-hydrogen) atoms. The number of anilines is 4. The molecule has 0 aliphatic carbocycles. The average molecular weight is 358 g/mol. The van der Waals surface area contributed by atoms with E-state index in [2.05, 4.69) is 41.2 Å². The Morgan fingerprint density at radius 1 is 1.04 bits per heavy atom. The predicted octanol–water partition coefficient (Wildman–Crippen LogP) is 2.48. The van der Waals surface area contributed by atoms with Crippen molar-refractivity contribution in [3.8, 4) is 0 Å². The van der Waals surface area contributed by atoms with E-state index in [4.69, 9.17) is 0 Å². The number of nitrogens with zero attached hydrogens (tertiary/aromatic N) is 4. The Hall–Kier alpha value is -2.97. The molecule has 0 aliphatic heterocycles. The molecular weight excluding hydrogens is 332 g/mol. The van der Waals surface area contributed by atoms with Gasteiger partial charge in [0.25, 0.3) is 0 Å². The van der Waals surface area contributed by atoms with E-state index in [0.29, 0.717) is 36.8 Å². The summed E-state index contributed by atoms with van der Waals surface area (Å²) in [5, 5.41) is 12.2. The highest BCUT2D eigenvalue weighted by molar-refractivity contribution is 5.87. The van der Waals surface area contributed by atoms with Crippen molar-refractivity contribution in [1.82, 2.24) is 19.9 Å². The second kappa shape index (κ2) is 8.41. The van der Waals surface area contributed by atoms with Crippen LogP contribution in [0.3, 0.4) is 0 Å². The molecule has 9 heteroatoms. The van der Waals surface area contributed by atoms with Crippen LogP contribution in [-0.4, -0.2) is 37.9 Å². The van der Waals surface area contributed by atoms with Gasteiger partial charge in [-0.25, -0.2) is 4.98 Å². The summed E-state index contributed by atoms with van der Waals surface area (Å²) in [7, 11) is 0. The smallest absolute Gasteiger partial charge is 0.229 e. The SMILES string of the molecule is CCNc1nc(NCc2ccc(NC(C)=O)nc2)nc(NC(C)(C)C)n1. The molecule has 0 saturated carbocycles. The van der Waals surface area contributed by atoms with E-state index in [1.54, 1.807) is 12.3 Å². The molecular formula is C17H26N8O. The molecule has 9 nitrogen and oxygen atoms in total. The fourth-order valence-electron chi connectivity index (χ4n) is 2.05. The summed E-state index contributed by atoms with van der Waals surface area (Å²) in [4.78, 5) is 28.4. The fraction of sp³-hybridized carbons (Fsp3) is 0.471. The first-order valence-electron chi connectivity index (χ1n) is 8.49. The Kier molecular flexibility index (Phi) is 6.26. The van der Waals surface area contributed by atoms with Crippen LogP contribution in [0.1, 0.15) is 40.2 Å². The minimum Gasteiger partial charge on any atom is -0.354 e. The minimum absolute atomic E-state index is 0.150. The van der Waals surface area contributed by atoms with Crippen LogP contribution in [0.5, 0.6) is 0 Å². The standard InChI is InChI=1S/C17H26N8O/c1-6-18-14-22-15(24-16(23-14)25-17(3,4)5)20-10-12-7-8-13(19-9-12)21-11(2)26/h7-9H,6,10H2,1-5H3,(H,19,21,26)(H3,18,20,22,23,24,25). The summed E-state index contributed by atoms with van der Waals surface area (Å²) < 4.78 is 0. The summed E-state index contributed by atoms with van der Waals surface area (Å²) in [6, 6.07) is 3.63. The summed E-state index contributed by atoms with van der Waals surface area (Å²) in [6.45, 7) is 10.8. The molecule has 2 heterocycles. The molecule has 0 aliphatic rings. The van der Waals surface area contributed by atoms with Crippen LogP contribution < -0.4 is 21.3 Å². The minimum atomic E-state index is -0.161. The Balaban J connectivity index is 2.08.